The first kappa shape index (κ1) is 18.9. The number of ether oxygens (including phenoxy) is 3. The van der Waals surface area contributed by atoms with E-state index in [1.807, 2.05) is 42.5 Å². The highest BCUT2D eigenvalue weighted by molar-refractivity contribution is 6.07. The molecule has 3 heterocycles. The van der Waals surface area contributed by atoms with E-state index in [2.05, 4.69) is 0 Å². The number of carbonyl (C=O) groups is 1. The first-order valence-corrected chi connectivity index (χ1v) is 10.2. The zero-order valence-corrected chi connectivity index (χ0v) is 17.2. The second-order valence-electron chi connectivity index (χ2n) is 8.26. The van der Waals surface area contributed by atoms with Crippen molar-refractivity contribution in [3.05, 3.63) is 48.0 Å². The predicted octanol–water partition coefficient (Wildman–Crippen LogP) is 2.68. The van der Waals surface area contributed by atoms with Crippen molar-refractivity contribution in [1.29, 1.82) is 0 Å². The van der Waals surface area contributed by atoms with Gasteiger partial charge < -0.3 is 19.9 Å². The van der Waals surface area contributed by atoms with Crippen LogP contribution in [0.3, 0.4) is 0 Å². The monoisotopic (exact) mass is 407 g/mol. The minimum atomic E-state index is -1.10. The van der Waals surface area contributed by atoms with E-state index in [0.29, 0.717) is 25.4 Å². The lowest BCUT2D eigenvalue weighted by molar-refractivity contribution is -0.139. The van der Waals surface area contributed by atoms with E-state index in [9.17, 15) is 4.79 Å². The van der Waals surface area contributed by atoms with Gasteiger partial charge in [0, 0.05) is 25.6 Å². The molecule has 1 amide bonds. The number of hydrogen-bond acceptors (Lipinski definition) is 6. The largest absolute Gasteiger partial charge is 0.497 e. The topological polar surface area (TPSA) is 86.4 Å². The molecule has 3 aliphatic heterocycles. The highest BCUT2D eigenvalue weighted by atomic mass is 16.5. The van der Waals surface area contributed by atoms with Crippen molar-refractivity contribution in [2.75, 3.05) is 27.4 Å². The molecule has 2 aromatic rings. The van der Waals surface area contributed by atoms with Gasteiger partial charge in [-0.1, -0.05) is 18.2 Å². The number of nitrogens with two attached hydrogens (primary N) is 1. The Morgan fingerprint density at radius 3 is 2.73 bits per heavy atom. The molecule has 5 rings (SSSR count). The summed E-state index contributed by atoms with van der Waals surface area (Å²) in [4.78, 5) is 19.6. The van der Waals surface area contributed by atoms with Gasteiger partial charge in [-0.2, -0.15) is 0 Å². The number of methoxy groups -OCH3 is 1. The molecule has 1 saturated heterocycles. The molecule has 30 heavy (non-hydrogen) atoms. The van der Waals surface area contributed by atoms with Crippen molar-refractivity contribution in [3.8, 4) is 22.6 Å². The van der Waals surface area contributed by atoms with Gasteiger partial charge in [-0.15, -0.1) is 0 Å². The number of fused-ring (bicyclic) bond motifs is 2. The Hall–Kier alpha value is -3.06. The third-order valence-corrected chi connectivity index (χ3v) is 6.33. The van der Waals surface area contributed by atoms with Crippen LogP contribution >= 0.6 is 0 Å². The van der Waals surface area contributed by atoms with Crippen molar-refractivity contribution in [3.63, 3.8) is 0 Å². The maximum atomic E-state index is 13.4. The summed E-state index contributed by atoms with van der Waals surface area (Å²) in [5.41, 5.74) is 7.13. The number of guanidine groups is 1. The van der Waals surface area contributed by atoms with Gasteiger partial charge in [0.15, 0.2) is 11.5 Å². The SMILES string of the molecule is COc1cccc(-c2ccc3c(c2)[C@]2(C[C@]4(CCCOC4)O3)N=C(N)N(C)C2=O)c1. The van der Waals surface area contributed by atoms with E-state index in [1.54, 1.807) is 14.2 Å². The van der Waals surface area contributed by atoms with Crippen LogP contribution in [0, 0.1) is 0 Å². The van der Waals surface area contributed by atoms with E-state index in [4.69, 9.17) is 24.9 Å². The van der Waals surface area contributed by atoms with Gasteiger partial charge in [0.2, 0.25) is 0 Å². The van der Waals surface area contributed by atoms with Crippen LogP contribution in [0.25, 0.3) is 11.1 Å². The van der Waals surface area contributed by atoms with Gasteiger partial charge in [-0.3, -0.25) is 9.69 Å². The van der Waals surface area contributed by atoms with Crippen molar-refractivity contribution < 1.29 is 19.0 Å². The molecule has 2 spiro atoms. The Balaban J connectivity index is 1.67. The standard InChI is InChI=1S/C23H25N3O4/c1-26-20(27)23(25-21(26)24)13-22(9-4-10-29-14-22)30-19-8-7-16(12-18(19)23)15-5-3-6-17(11-15)28-2/h3,5-8,11-12H,4,9-10,13-14H2,1-2H3,(H2,24,25)/t22-,23-/m0/s1. The van der Waals surface area contributed by atoms with Crippen LogP contribution in [0.4, 0.5) is 0 Å². The molecule has 0 bridgehead atoms. The van der Waals surface area contributed by atoms with E-state index >= 15 is 0 Å². The maximum Gasteiger partial charge on any atom is 0.261 e. The molecule has 7 heteroatoms. The zero-order valence-electron chi connectivity index (χ0n) is 17.2. The molecule has 7 nitrogen and oxygen atoms in total. The molecule has 0 radical (unpaired) electrons. The van der Waals surface area contributed by atoms with Crippen molar-refractivity contribution in [1.82, 2.24) is 4.90 Å². The number of rotatable bonds is 2. The fourth-order valence-corrected chi connectivity index (χ4v) is 4.79. The Labute approximate surface area is 175 Å². The fraction of sp³-hybridized carbons (Fsp3) is 0.391. The van der Waals surface area contributed by atoms with Crippen LogP contribution in [-0.4, -0.2) is 49.7 Å². The number of carbonyl (C=O) groups excluding carboxylic acids is 1. The Morgan fingerprint density at radius 1 is 1.20 bits per heavy atom. The average molecular weight is 407 g/mol. The summed E-state index contributed by atoms with van der Waals surface area (Å²) in [7, 11) is 3.31. The van der Waals surface area contributed by atoms with E-state index in [1.165, 1.54) is 4.90 Å². The van der Waals surface area contributed by atoms with Crippen molar-refractivity contribution in [2.45, 2.75) is 30.4 Å². The molecular weight excluding hydrogens is 382 g/mol. The highest BCUT2D eigenvalue weighted by Gasteiger charge is 2.58. The van der Waals surface area contributed by atoms with Gasteiger partial charge in [0.1, 0.15) is 17.1 Å². The second-order valence-corrected chi connectivity index (χ2v) is 8.26. The lowest BCUT2D eigenvalue weighted by atomic mass is 9.74. The second kappa shape index (κ2) is 6.74. The van der Waals surface area contributed by atoms with Crippen LogP contribution < -0.4 is 15.2 Å². The van der Waals surface area contributed by atoms with Crippen LogP contribution in [0.1, 0.15) is 24.8 Å². The summed E-state index contributed by atoms with van der Waals surface area (Å²) in [6.45, 7) is 1.15. The van der Waals surface area contributed by atoms with Crippen molar-refractivity contribution >= 4 is 11.9 Å². The molecule has 0 unspecified atom stereocenters. The molecule has 3 aliphatic rings. The quantitative estimate of drug-likeness (QED) is 0.827. The number of amides is 1. The summed E-state index contributed by atoms with van der Waals surface area (Å²) in [5, 5.41) is 0. The van der Waals surface area contributed by atoms with E-state index < -0.39 is 11.1 Å². The summed E-state index contributed by atoms with van der Waals surface area (Å²) in [5.74, 6) is 1.54. The first-order valence-electron chi connectivity index (χ1n) is 10.2. The summed E-state index contributed by atoms with van der Waals surface area (Å²) < 4.78 is 17.6. The Kier molecular flexibility index (Phi) is 4.25. The van der Waals surface area contributed by atoms with Gasteiger partial charge in [-0.25, -0.2) is 4.99 Å². The number of benzene rings is 2. The van der Waals surface area contributed by atoms with Crippen LogP contribution in [-0.2, 0) is 15.1 Å². The molecule has 1 fully saturated rings. The fourth-order valence-electron chi connectivity index (χ4n) is 4.79. The van der Waals surface area contributed by atoms with Crippen LogP contribution in [0.5, 0.6) is 11.5 Å². The molecular formula is C23H25N3O4. The smallest absolute Gasteiger partial charge is 0.261 e. The number of likely N-dealkylation sites (N-methyl/N-ethyl adjacent to an activating group) is 1. The van der Waals surface area contributed by atoms with Gasteiger partial charge in [0.25, 0.3) is 5.91 Å². The number of hydrogen-bond donors (Lipinski definition) is 1. The third kappa shape index (κ3) is 2.76. The average Bonchev–Trinajstić information content (AvgIpc) is 2.98. The van der Waals surface area contributed by atoms with E-state index in [-0.39, 0.29) is 11.9 Å². The summed E-state index contributed by atoms with van der Waals surface area (Å²) >= 11 is 0. The molecule has 156 valence electrons. The number of nitrogens with zero attached hydrogens (tertiary/aromatic N) is 2. The van der Waals surface area contributed by atoms with Gasteiger partial charge >= 0.3 is 0 Å². The third-order valence-electron chi connectivity index (χ3n) is 6.33. The van der Waals surface area contributed by atoms with Crippen molar-refractivity contribution in [2.24, 2.45) is 10.7 Å². The molecule has 2 aromatic carbocycles. The molecule has 0 aliphatic carbocycles. The predicted molar refractivity (Wildman–Crippen MR) is 113 cm³/mol. The minimum absolute atomic E-state index is 0.128. The minimum Gasteiger partial charge on any atom is -0.497 e. The van der Waals surface area contributed by atoms with Gasteiger partial charge in [0.05, 0.1) is 13.7 Å². The molecule has 2 atom stereocenters. The first-order chi connectivity index (χ1) is 14.5. The maximum absolute atomic E-state index is 13.4. The Morgan fingerprint density at radius 2 is 2.03 bits per heavy atom. The Bertz CT molecular complexity index is 1040. The van der Waals surface area contributed by atoms with Crippen LogP contribution in [0.15, 0.2) is 47.5 Å². The highest BCUT2D eigenvalue weighted by Crippen LogP contribution is 2.51. The normalized spacial score (nSPS) is 27.7. The summed E-state index contributed by atoms with van der Waals surface area (Å²) in [6, 6.07) is 13.7. The lowest BCUT2D eigenvalue weighted by Crippen LogP contribution is -2.55. The molecule has 2 N–H and O–H groups in total. The molecule has 0 saturated carbocycles. The number of aliphatic imine (C=N–C) groups is 1. The zero-order chi connectivity index (χ0) is 20.9. The van der Waals surface area contributed by atoms with Crippen LogP contribution in [0.2, 0.25) is 0 Å². The lowest BCUT2D eigenvalue weighted by Gasteiger charge is -2.46. The summed E-state index contributed by atoms with van der Waals surface area (Å²) in [6.07, 6.45) is 2.12. The molecule has 0 aromatic heterocycles. The van der Waals surface area contributed by atoms with Gasteiger partial charge in [-0.05, 0) is 48.2 Å². The van der Waals surface area contributed by atoms with E-state index in [0.717, 1.165) is 35.3 Å².